The highest BCUT2D eigenvalue weighted by Gasteiger charge is 2.40. The Labute approximate surface area is 177 Å². The lowest BCUT2D eigenvalue weighted by Gasteiger charge is -2.33. The summed E-state index contributed by atoms with van der Waals surface area (Å²) in [4.78, 5) is 40.0. The van der Waals surface area contributed by atoms with E-state index in [9.17, 15) is 14.4 Å². The SMILES string of the molecule is CCOC(=O)C1=C(C)N(c2ccccc2)C(=O)C[C@H]1C(=O)Nc1ccc(Br)cc1. The maximum absolute atomic E-state index is 13.0. The third-order valence-electron chi connectivity index (χ3n) is 4.64. The first-order chi connectivity index (χ1) is 13.9. The number of carbonyl (C=O) groups is 3. The lowest BCUT2D eigenvalue weighted by molar-refractivity contribution is -0.141. The van der Waals surface area contributed by atoms with Gasteiger partial charge < -0.3 is 10.1 Å². The minimum absolute atomic E-state index is 0.122. The molecule has 7 heteroatoms. The predicted molar refractivity (Wildman–Crippen MR) is 114 cm³/mol. The second-order valence-corrected chi connectivity index (χ2v) is 7.45. The molecule has 1 heterocycles. The number of carbonyl (C=O) groups excluding carboxylic acids is 3. The smallest absolute Gasteiger partial charge is 0.336 e. The monoisotopic (exact) mass is 456 g/mol. The van der Waals surface area contributed by atoms with E-state index in [2.05, 4.69) is 21.2 Å². The van der Waals surface area contributed by atoms with Crippen molar-refractivity contribution in [2.75, 3.05) is 16.8 Å². The molecule has 2 aromatic rings. The summed E-state index contributed by atoms with van der Waals surface area (Å²) in [6.45, 7) is 3.54. The molecule has 0 unspecified atom stereocenters. The first-order valence-corrected chi connectivity index (χ1v) is 10.0. The van der Waals surface area contributed by atoms with Crippen LogP contribution in [0.3, 0.4) is 0 Å². The van der Waals surface area contributed by atoms with Crippen molar-refractivity contribution in [2.24, 2.45) is 5.92 Å². The quantitative estimate of drug-likeness (QED) is 0.681. The number of anilines is 2. The molecule has 29 heavy (non-hydrogen) atoms. The van der Waals surface area contributed by atoms with E-state index in [0.717, 1.165) is 4.47 Å². The van der Waals surface area contributed by atoms with Gasteiger partial charge >= 0.3 is 5.97 Å². The summed E-state index contributed by atoms with van der Waals surface area (Å²) < 4.78 is 6.08. The predicted octanol–water partition coefficient (Wildman–Crippen LogP) is 4.28. The summed E-state index contributed by atoms with van der Waals surface area (Å²) in [6, 6.07) is 16.1. The van der Waals surface area contributed by atoms with E-state index in [-0.39, 0.29) is 24.5 Å². The highest BCUT2D eigenvalue weighted by Crippen LogP contribution is 2.34. The topological polar surface area (TPSA) is 75.7 Å². The molecule has 0 bridgehead atoms. The van der Waals surface area contributed by atoms with Gasteiger partial charge in [0.15, 0.2) is 0 Å². The van der Waals surface area contributed by atoms with Crippen LogP contribution in [0.2, 0.25) is 0 Å². The molecule has 0 aromatic heterocycles. The molecule has 1 N–H and O–H groups in total. The van der Waals surface area contributed by atoms with E-state index in [1.54, 1.807) is 50.2 Å². The second-order valence-electron chi connectivity index (χ2n) is 6.54. The van der Waals surface area contributed by atoms with Gasteiger partial charge in [-0.15, -0.1) is 0 Å². The zero-order valence-electron chi connectivity index (χ0n) is 16.1. The Morgan fingerprint density at radius 2 is 1.79 bits per heavy atom. The number of hydrogen-bond donors (Lipinski definition) is 1. The molecule has 2 amide bonds. The molecule has 0 fully saturated rings. The summed E-state index contributed by atoms with van der Waals surface area (Å²) in [5.41, 5.74) is 1.83. The Balaban J connectivity index is 1.98. The molecule has 1 atom stereocenters. The second kappa shape index (κ2) is 9.05. The van der Waals surface area contributed by atoms with Crippen LogP contribution in [-0.2, 0) is 19.1 Å². The maximum atomic E-state index is 13.0. The lowest BCUT2D eigenvalue weighted by Crippen LogP contribution is -2.43. The molecule has 1 aliphatic rings. The number of hydrogen-bond acceptors (Lipinski definition) is 4. The van der Waals surface area contributed by atoms with Gasteiger partial charge in [-0.3, -0.25) is 14.5 Å². The molecule has 0 radical (unpaired) electrons. The van der Waals surface area contributed by atoms with Crippen LogP contribution in [0.5, 0.6) is 0 Å². The number of allylic oxidation sites excluding steroid dienone is 1. The third-order valence-corrected chi connectivity index (χ3v) is 5.17. The standard InChI is InChI=1S/C22H21BrN2O4/c1-3-29-22(28)20-14(2)25(17-7-5-4-6-8-17)19(26)13-18(20)21(27)24-16-11-9-15(23)10-12-16/h4-12,18H,3,13H2,1-2H3,(H,24,27)/t18-/m1/s1. The molecule has 3 rings (SSSR count). The Kier molecular flexibility index (Phi) is 6.49. The van der Waals surface area contributed by atoms with Crippen LogP contribution >= 0.6 is 15.9 Å². The first-order valence-electron chi connectivity index (χ1n) is 9.24. The number of nitrogens with zero attached hydrogens (tertiary/aromatic N) is 1. The van der Waals surface area contributed by atoms with Gasteiger partial charge in [-0.2, -0.15) is 0 Å². The van der Waals surface area contributed by atoms with E-state index < -0.39 is 17.8 Å². The Bertz CT molecular complexity index is 955. The summed E-state index contributed by atoms with van der Waals surface area (Å²) in [6.07, 6.45) is -0.122. The molecule has 2 aromatic carbocycles. The Morgan fingerprint density at radius 1 is 1.14 bits per heavy atom. The number of para-hydroxylation sites is 1. The number of benzene rings is 2. The number of rotatable bonds is 5. The molecule has 0 saturated carbocycles. The van der Waals surface area contributed by atoms with Gasteiger partial charge in [-0.05, 0) is 50.2 Å². The number of ether oxygens (including phenoxy) is 1. The van der Waals surface area contributed by atoms with Crippen molar-refractivity contribution >= 4 is 45.1 Å². The van der Waals surface area contributed by atoms with Crippen molar-refractivity contribution < 1.29 is 19.1 Å². The van der Waals surface area contributed by atoms with E-state index in [0.29, 0.717) is 17.1 Å². The van der Waals surface area contributed by atoms with Crippen molar-refractivity contribution in [3.05, 3.63) is 70.3 Å². The molecule has 150 valence electrons. The van der Waals surface area contributed by atoms with Crippen LogP contribution in [0.25, 0.3) is 0 Å². The average Bonchev–Trinajstić information content (AvgIpc) is 2.70. The van der Waals surface area contributed by atoms with Gasteiger partial charge in [-0.1, -0.05) is 34.1 Å². The largest absolute Gasteiger partial charge is 0.463 e. The molecule has 0 aliphatic carbocycles. The van der Waals surface area contributed by atoms with Crippen molar-refractivity contribution in [3.63, 3.8) is 0 Å². The van der Waals surface area contributed by atoms with E-state index in [4.69, 9.17) is 4.74 Å². The van der Waals surface area contributed by atoms with Gasteiger partial charge in [0.2, 0.25) is 11.8 Å². The molecular weight excluding hydrogens is 436 g/mol. The van der Waals surface area contributed by atoms with Crippen molar-refractivity contribution in [3.8, 4) is 0 Å². The van der Waals surface area contributed by atoms with Crippen LogP contribution in [0.1, 0.15) is 20.3 Å². The normalized spacial score (nSPS) is 16.6. The van der Waals surface area contributed by atoms with Gasteiger partial charge in [0, 0.05) is 28.0 Å². The van der Waals surface area contributed by atoms with Crippen LogP contribution in [0.15, 0.2) is 70.3 Å². The van der Waals surface area contributed by atoms with Crippen LogP contribution < -0.4 is 10.2 Å². The van der Waals surface area contributed by atoms with Crippen molar-refractivity contribution in [2.45, 2.75) is 20.3 Å². The maximum Gasteiger partial charge on any atom is 0.336 e. The number of nitrogens with one attached hydrogen (secondary N) is 1. The first kappa shape index (κ1) is 20.8. The highest BCUT2D eigenvalue weighted by atomic mass is 79.9. The zero-order valence-corrected chi connectivity index (χ0v) is 17.7. The van der Waals surface area contributed by atoms with Crippen LogP contribution in [-0.4, -0.2) is 24.4 Å². The van der Waals surface area contributed by atoms with Crippen molar-refractivity contribution in [1.29, 1.82) is 0 Å². The molecule has 6 nitrogen and oxygen atoms in total. The van der Waals surface area contributed by atoms with Gasteiger partial charge in [0.05, 0.1) is 18.1 Å². The molecule has 1 aliphatic heterocycles. The lowest BCUT2D eigenvalue weighted by atomic mass is 9.88. The van der Waals surface area contributed by atoms with Gasteiger partial charge in [-0.25, -0.2) is 4.79 Å². The summed E-state index contributed by atoms with van der Waals surface area (Å²) in [7, 11) is 0. The average molecular weight is 457 g/mol. The van der Waals surface area contributed by atoms with E-state index >= 15 is 0 Å². The van der Waals surface area contributed by atoms with Crippen LogP contribution in [0, 0.1) is 5.92 Å². The molecule has 0 saturated heterocycles. The third kappa shape index (κ3) is 4.56. The van der Waals surface area contributed by atoms with E-state index in [1.807, 2.05) is 18.2 Å². The van der Waals surface area contributed by atoms with Gasteiger partial charge in [0.1, 0.15) is 0 Å². The van der Waals surface area contributed by atoms with Crippen molar-refractivity contribution in [1.82, 2.24) is 0 Å². The molecular formula is C22H21BrN2O4. The van der Waals surface area contributed by atoms with E-state index in [1.165, 1.54) is 4.90 Å². The fraction of sp³-hybridized carbons (Fsp3) is 0.227. The number of halogens is 1. The molecule has 0 spiro atoms. The fourth-order valence-corrected chi connectivity index (χ4v) is 3.59. The number of esters is 1. The summed E-state index contributed by atoms with van der Waals surface area (Å²) in [5.74, 6) is -2.19. The van der Waals surface area contributed by atoms with Gasteiger partial charge in [0.25, 0.3) is 0 Å². The minimum atomic E-state index is -0.926. The van der Waals surface area contributed by atoms with Crippen LogP contribution in [0.4, 0.5) is 11.4 Å². The summed E-state index contributed by atoms with van der Waals surface area (Å²) >= 11 is 3.35. The highest BCUT2D eigenvalue weighted by molar-refractivity contribution is 9.10. The number of amides is 2. The fourth-order valence-electron chi connectivity index (χ4n) is 3.33. The Morgan fingerprint density at radius 3 is 2.41 bits per heavy atom. The zero-order chi connectivity index (χ0) is 21.0. The summed E-state index contributed by atoms with van der Waals surface area (Å²) in [5, 5.41) is 2.79. The minimum Gasteiger partial charge on any atom is -0.463 e. The Hall–Kier alpha value is -2.93.